The Morgan fingerprint density at radius 1 is 1.14 bits per heavy atom. The number of hydrogen-bond donors (Lipinski definition) is 1. The topological polar surface area (TPSA) is 44.5 Å². The third kappa shape index (κ3) is 2.64. The first kappa shape index (κ1) is 16.2. The molecule has 1 aromatic rings. The van der Waals surface area contributed by atoms with E-state index in [4.69, 9.17) is 9.47 Å². The van der Waals surface area contributed by atoms with Gasteiger partial charge in [-0.3, -0.25) is 0 Å². The van der Waals surface area contributed by atoms with Crippen molar-refractivity contribution in [1.29, 1.82) is 0 Å². The van der Waals surface area contributed by atoms with Crippen LogP contribution in [0, 0.1) is 5.92 Å². The summed E-state index contributed by atoms with van der Waals surface area (Å²) in [6, 6.07) is 4.32. The molecule has 0 bridgehead atoms. The maximum Gasteiger partial charge on any atom is 0.165 e. The van der Waals surface area contributed by atoms with Crippen LogP contribution in [0.3, 0.4) is 0 Å². The second kappa shape index (κ2) is 7.17. The lowest BCUT2D eigenvalue weighted by molar-refractivity contribution is 0.118. The van der Waals surface area contributed by atoms with Crippen LogP contribution in [0.25, 0.3) is 0 Å². The normalized spacial score (nSPS) is 27.2. The lowest BCUT2D eigenvalue weighted by atomic mass is 9.68. The first-order valence-corrected chi connectivity index (χ1v) is 8.32. The standard InChI is InChI=1S/C15H18O2.C2H6.CH5N/c1-16-12-8-7-10-6-5-9-3-2-4-11-13(9)14(10)15(12)17-11;2*1-2/h7-9,11,13H,2-6H2,1H3;1-2H3;2H2,1H3. The van der Waals surface area contributed by atoms with E-state index in [1.807, 2.05) is 13.8 Å². The first-order chi connectivity index (χ1) is 10.4. The molecule has 3 atom stereocenters. The zero-order chi connectivity index (χ0) is 15.4. The van der Waals surface area contributed by atoms with Gasteiger partial charge in [-0.05, 0) is 56.7 Å². The molecule has 0 radical (unpaired) electrons. The number of ether oxygens (including phenoxy) is 2. The van der Waals surface area contributed by atoms with Gasteiger partial charge in [0.25, 0.3) is 0 Å². The molecule has 1 saturated carbocycles. The quantitative estimate of drug-likeness (QED) is 0.854. The lowest BCUT2D eigenvalue weighted by Gasteiger charge is -2.36. The van der Waals surface area contributed by atoms with Crippen molar-refractivity contribution in [3.05, 3.63) is 23.3 Å². The Hall–Kier alpha value is -1.22. The van der Waals surface area contributed by atoms with E-state index in [1.54, 1.807) is 7.11 Å². The number of nitrogens with two attached hydrogens (primary N) is 1. The number of methoxy groups -OCH3 is 1. The van der Waals surface area contributed by atoms with Crippen molar-refractivity contribution < 1.29 is 9.47 Å². The molecule has 4 rings (SSSR count). The van der Waals surface area contributed by atoms with E-state index in [-0.39, 0.29) is 0 Å². The van der Waals surface area contributed by atoms with Gasteiger partial charge in [-0.25, -0.2) is 0 Å². The van der Waals surface area contributed by atoms with Crippen LogP contribution in [0.4, 0.5) is 0 Å². The highest BCUT2D eigenvalue weighted by Gasteiger charge is 2.46. The van der Waals surface area contributed by atoms with Gasteiger partial charge in [0, 0.05) is 11.5 Å². The van der Waals surface area contributed by atoms with E-state index in [9.17, 15) is 0 Å². The minimum absolute atomic E-state index is 0.430. The summed E-state index contributed by atoms with van der Waals surface area (Å²) in [4.78, 5) is 0. The smallest absolute Gasteiger partial charge is 0.165 e. The van der Waals surface area contributed by atoms with E-state index >= 15 is 0 Å². The highest BCUT2D eigenvalue weighted by atomic mass is 16.5. The summed E-state index contributed by atoms with van der Waals surface area (Å²) in [6.07, 6.45) is 6.95. The molecule has 0 spiro atoms. The van der Waals surface area contributed by atoms with Crippen LogP contribution >= 0.6 is 0 Å². The second-order valence-corrected chi connectivity index (χ2v) is 5.58. The lowest BCUT2D eigenvalue weighted by Crippen LogP contribution is -2.32. The fourth-order valence-corrected chi connectivity index (χ4v) is 4.10. The van der Waals surface area contributed by atoms with Gasteiger partial charge in [0.15, 0.2) is 11.5 Å². The predicted molar refractivity (Wildman–Crippen MR) is 87.3 cm³/mol. The Morgan fingerprint density at radius 2 is 1.90 bits per heavy atom. The van der Waals surface area contributed by atoms with Gasteiger partial charge < -0.3 is 15.2 Å². The van der Waals surface area contributed by atoms with Crippen LogP contribution in [0.5, 0.6) is 11.5 Å². The van der Waals surface area contributed by atoms with Crippen molar-refractivity contribution in [2.75, 3.05) is 14.2 Å². The molecule has 0 aromatic heterocycles. The SMILES string of the molecule is CC.CN.COc1ccc2c3c1OC1CCCC(CC2)C31. The van der Waals surface area contributed by atoms with Crippen LogP contribution in [0.15, 0.2) is 12.1 Å². The van der Waals surface area contributed by atoms with Gasteiger partial charge in [-0.1, -0.05) is 19.9 Å². The summed E-state index contributed by atoms with van der Waals surface area (Å²) in [5.74, 6) is 3.51. The van der Waals surface area contributed by atoms with Gasteiger partial charge in [0.1, 0.15) is 6.10 Å². The highest BCUT2D eigenvalue weighted by molar-refractivity contribution is 5.57. The van der Waals surface area contributed by atoms with Gasteiger partial charge in [-0.2, -0.15) is 0 Å². The van der Waals surface area contributed by atoms with Crippen molar-refractivity contribution in [3.63, 3.8) is 0 Å². The Labute approximate surface area is 128 Å². The molecule has 0 saturated heterocycles. The minimum atomic E-state index is 0.430. The summed E-state index contributed by atoms with van der Waals surface area (Å²) in [7, 11) is 3.24. The molecular weight excluding hydrogens is 262 g/mol. The zero-order valence-corrected chi connectivity index (χ0v) is 13.8. The van der Waals surface area contributed by atoms with Crippen LogP contribution < -0.4 is 15.2 Å². The second-order valence-electron chi connectivity index (χ2n) is 5.58. The molecule has 3 unspecified atom stereocenters. The molecule has 3 heteroatoms. The molecule has 1 aliphatic heterocycles. The van der Waals surface area contributed by atoms with E-state index in [1.165, 1.54) is 50.3 Å². The van der Waals surface area contributed by atoms with E-state index in [0.717, 1.165) is 17.4 Å². The summed E-state index contributed by atoms with van der Waals surface area (Å²) in [6.45, 7) is 4.00. The number of benzene rings is 1. The van der Waals surface area contributed by atoms with Crippen molar-refractivity contribution in [3.8, 4) is 11.5 Å². The highest BCUT2D eigenvalue weighted by Crippen LogP contribution is 2.56. The first-order valence-electron chi connectivity index (χ1n) is 8.32. The monoisotopic (exact) mass is 291 g/mol. The van der Waals surface area contributed by atoms with Gasteiger partial charge in [-0.15, -0.1) is 0 Å². The third-order valence-corrected chi connectivity index (χ3v) is 4.83. The molecule has 3 nitrogen and oxygen atoms in total. The maximum absolute atomic E-state index is 6.20. The Morgan fingerprint density at radius 3 is 2.62 bits per heavy atom. The van der Waals surface area contributed by atoms with Crippen LogP contribution in [-0.2, 0) is 6.42 Å². The Kier molecular flexibility index (Phi) is 5.51. The molecule has 118 valence electrons. The van der Waals surface area contributed by atoms with Gasteiger partial charge >= 0.3 is 0 Å². The van der Waals surface area contributed by atoms with Crippen molar-refractivity contribution in [2.45, 2.75) is 58.0 Å². The Balaban J connectivity index is 0.000000374. The maximum atomic E-state index is 6.20. The predicted octanol–water partition coefficient (Wildman–Crippen LogP) is 3.89. The molecule has 2 aliphatic carbocycles. The molecule has 1 heterocycles. The average molecular weight is 291 g/mol. The fourth-order valence-electron chi connectivity index (χ4n) is 4.10. The van der Waals surface area contributed by atoms with E-state index in [0.29, 0.717) is 12.0 Å². The number of rotatable bonds is 1. The van der Waals surface area contributed by atoms with Gasteiger partial charge in [0.05, 0.1) is 7.11 Å². The summed E-state index contributed by atoms with van der Waals surface area (Å²) in [5, 5.41) is 0. The fraction of sp³-hybridized carbons (Fsp3) is 0.667. The Bertz CT molecular complexity index is 473. The summed E-state index contributed by atoms with van der Waals surface area (Å²) >= 11 is 0. The molecule has 1 fully saturated rings. The molecule has 3 aliphatic rings. The van der Waals surface area contributed by atoms with Gasteiger partial charge in [0.2, 0.25) is 0 Å². The number of aryl methyl sites for hydroxylation is 1. The van der Waals surface area contributed by atoms with Crippen molar-refractivity contribution >= 4 is 0 Å². The van der Waals surface area contributed by atoms with Crippen LogP contribution in [0.1, 0.15) is 56.6 Å². The number of hydrogen-bond acceptors (Lipinski definition) is 3. The molecule has 2 N–H and O–H groups in total. The van der Waals surface area contributed by atoms with E-state index in [2.05, 4.69) is 17.9 Å². The zero-order valence-electron chi connectivity index (χ0n) is 13.8. The summed E-state index contributed by atoms with van der Waals surface area (Å²) in [5.41, 5.74) is 7.50. The van der Waals surface area contributed by atoms with Crippen LogP contribution in [0.2, 0.25) is 0 Å². The molecule has 0 amide bonds. The molecule has 1 aromatic carbocycles. The van der Waals surface area contributed by atoms with Crippen molar-refractivity contribution in [1.82, 2.24) is 0 Å². The molecule has 21 heavy (non-hydrogen) atoms. The average Bonchev–Trinajstić information content (AvgIpc) is 2.97. The van der Waals surface area contributed by atoms with Crippen molar-refractivity contribution in [2.24, 2.45) is 11.7 Å². The van der Waals surface area contributed by atoms with Crippen LogP contribution in [-0.4, -0.2) is 20.3 Å². The van der Waals surface area contributed by atoms with E-state index < -0.39 is 0 Å². The largest absolute Gasteiger partial charge is 0.493 e. The minimum Gasteiger partial charge on any atom is -0.493 e. The molecular formula is C18H29NO2. The third-order valence-electron chi connectivity index (χ3n) is 4.83. The summed E-state index contributed by atoms with van der Waals surface area (Å²) < 4.78 is 11.7.